The van der Waals surface area contributed by atoms with Gasteiger partial charge >= 0.3 is 0 Å². The SMILES string of the molecule is Cc1cc(Br)c(S(=O)(=O)Nc2cnns2)cc1Br. The maximum atomic E-state index is 12.2. The number of anilines is 1. The third kappa shape index (κ3) is 2.90. The van der Waals surface area contributed by atoms with Crippen molar-refractivity contribution in [1.82, 2.24) is 9.59 Å². The van der Waals surface area contributed by atoms with Crippen LogP contribution in [-0.4, -0.2) is 18.0 Å². The molecule has 2 aromatic rings. The standard InChI is InChI=1S/C9H7Br2N3O2S2/c1-5-2-7(11)8(3-6(5)10)18(15,16)13-9-4-12-14-17-9/h2-4,13H,1H3. The zero-order valence-electron chi connectivity index (χ0n) is 9.02. The lowest BCUT2D eigenvalue weighted by atomic mass is 10.2. The third-order valence-corrected chi connectivity index (χ3v) is 5.99. The van der Waals surface area contributed by atoms with Gasteiger partial charge in [0.1, 0.15) is 9.90 Å². The first-order valence-corrected chi connectivity index (χ1v) is 8.50. The van der Waals surface area contributed by atoms with Gasteiger partial charge in [-0.05, 0) is 40.5 Å². The number of nitrogens with one attached hydrogen (secondary N) is 1. The number of rotatable bonds is 3. The Balaban J connectivity index is 2.44. The zero-order chi connectivity index (χ0) is 13.3. The van der Waals surface area contributed by atoms with Crippen LogP contribution in [0, 0.1) is 6.92 Å². The molecule has 1 aromatic carbocycles. The lowest BCUT2D eigenvalue weighted by molar-refractivity contribution is 0.601. The van der Waals surface area contributed by atoms with Gasteiger partial charge < -0.3 is 0 Å². The van der Waals surface area contributed by atoms with Gasteiger partial charge in [-0.3, -0.25) is 4.72 Å². The number of sulfonamides is 1. The smallest absolute Gasteiger partial charge is 0.263 e. The highest BCUT2D eigenvalue weighted by molar-refractivity contribution is 9.11. The highest BCUT2D eigenvalue weighted by Crippen LogP contribution is 2.30. The Morgan fingerprint density at radius 2 is 2.00 bits per heavy atom. The lowest BCUT2D eigenvalue weighted by Gasteiger charge is -2.09. The molecule has 0 aliphatic carbocycles. The van der Waals surface area contributed by atoms with Crippen LogP contribution in [0.4, 0.5) is 5.00 Å². The molecular weight excluding hydrogens is 406 g/mol. The van der Waals surface area contributed by atoms with E-state index in [-0.39, 0.29) is 4.90 Å². The van der Waals surface area contributed by atoms with Crippen molar-refractivity contribution in [2.45, 2.75) is 11.8 Å². The molecule has 0 bridgehead atoms. The minimum Gasteiger partial charge on any atom is -0.268 e. The van der Waals surface area contributed by atoms with E-state index in [9.17, 15) is 8.42 Å². The molecule has 96 valence electrons. The molecule has 0 aliphatic heterocycles. The van der Waals surface area contributed by atoms with Crippen molar-refractivity contribution < 1.29 is 8.42 Å². The second-order valence-corrected chi connectivity index (χ2v) is 7.56. The van der Waals surface area contributed by atoms with Gasteiger partial charge in [-0.2, -0.15) is 0 Å². The molecule has 1 N–H and O–H groups in total. The second kappa shape index (κ2) is 5.24. The maximum absolute atomic E-state index is 12.2. The molecule has 0 radical (unpaired) electrons. The summed E-state index contributed by atoms with van der Waals surface area (Å²) in [4.78, 5) is 0.161. The van der Waals surface area contributed by atoms with Crippen molar-refractivity contribution in [1.29, 1.82) is 0 Å². The number of aromatic nitrogens is 2. The molecular formula is C9H7Br2N3O2S2. The minimum atomic E-state index is -3.65. The van der Waals surface area contributed by atoms with Crippen molar-refractivity contribution in [3.8, 4) is 0 Å². The quantitative estimate of drug-likeness (QED) is 0.840. The number of hydrogen-bond donors (Lipinski definition) is 1. The first-order chi connectivity index (χ1) is 8.40. The van der Waals surface area contributed by atoms with Crippen LogP contribution >= 0.6 is 43.4 Å². The minimum absolute atomic E-state index is 0.161. The highest BCUT2D eigenvalue weighted by Gasteiger charge is 2.20. The van der Waals surface area contributed by atoms with Crippen LogP contribution in [-0.2, 0) is 10.0 Å². The van der Waals surface area contributed by atoms with Crippen LogP contribution in [0.15, 0.2) is 32.2 Å². The molecule has 0 aliphatic rings. The van der Waals surface area contributed by atoms with Gasteiger partial charge in [-0.1, -0.05) is 20.4 Å². The Bertz CT molecular complexity index is 671. The topological polar surface area (TPSA) is 72.0 Å². The van der Waals surface area contributed by atoms with Gasteiger partial charge in [0.15, 0.2) is 0 Å². The molecule has 0 saturated carbocycles. The van der Waals surface area contributed by atoms with E-state index < -0.39 is 10.0 Å². The fourth-order valence-corrected chi connectivity index (χ4v) is 4.60. The Morgan fingerprint density at radius 3 is 2.61 bits per heavy atom. The molecule has 0 saturated heterocycles. The van der Waals surface area contributed by atoms with Crippen molar-refractivity contribution in [3.05, 3.63) is 32.8 Å². The number of benzene rings is 1. The summed E-state index contributed by atoms with van der Waals surface area (Å²) >= 11 is 7.55. The van der Waals surface area contributed by atoms with Crippen molar-refractivity contribution in [3.63, 3.8) is 0 Å². The van der Waals surface area contributed by atoms with Crippen LogP contribution in [0.5, 0.6) is 0 Å². The molecule has 1 aromatic heterocycles. The molecule has 9 heteroatoms. The lowest BCUT2D eigenvalue weighted by Crippen LogP contribution is -2.13. The molecule has 0 spiro atoms. The van der Waals surface area contributed by atoms with Gasteiger partial charge in [0.2, 0.25) is 0 Å². The normalized spacial score (nSPS) is 11.5. The summed E-state index contributed by atoms with van der Waals surface area (Å²) in [7, 11) is -3.65. The molecule has 2 rings (SSSR count). The van der Waals surface area contributed by atoms with E-state index in [2.05, 4.69) is 46.2 Å². The van der Waals surface area contributed by atoms with E-state index in [1.807, 2.05) is 6.92 Å². The predicted molar refractivity (Wildman–Crippen MR) is 77.3 cm³/mol. The Hall–Kier alpha value is -0.510. The number of halogens is 2. The predicted octanol–water partition coefficient (Wildman–Crippen LogP) is 3.17. The van der Waals surface area contributed by atoms with Gasteiger partial charge in [0.05, 0.1) is 6.20 Å². The Labute approximate surface area is 125 Å². The summed E-state index contributed by atoms with van der Waals surface area (Å²) in [6, 6.07) is 3.29. The molecule has 5 nitrogen and oxygen atoms in total. The Morgan fingerprint density at radius 1 is 1.28 bits per heavy atom. The largest absolute Gasteiger partial charge is 0.268 e. The van der Waals surface area contributed by atoms with E-state index in [0.717, 1.165) is 21.6 Å². The Kier molecular flexibility index (Phi) is 4.05. The van der Waals surface area contributed by atoms with Crippen LogP contribution in [0.3, 0.4) is 0 Å². The summed E-state index contributed by atoms with van der Waals surface area (Å²) in [6.45, 7) is 1.88. The zero-order valence-corrected chi connectivity index (χ0v) is 13.8. The van der Waals surface area contributed by atoms with Crippen molar-refractivity contribution in [2.75, 3.05) is 4.72 Å². The van der Waals surface area contributed by atoms with Crippen LogP contribution in [0.2, 0.25) is 0 Å². The third-order valence-electron chi connectivity index (χ3n) is 2.10. The first-order valence-electron chi connectivity index (χ1n) is 4.66. The maximum Gasteiger partial charge on any atom is 0.263 e. The molecule has 1 heterocycles. The summed E-state index contributed by atoms with van der Waals surface area (Å²) in [5.41, 5.74) is 0.945. The summed E-state index contributed by atoms with van der Waals surface area (Å²) < 4.78 is 31.6. The van der Waals surface area contributed by atoms with Crippen LogP contribution in [0.1, 0.15) is 5.56 Å². The van der Waals surface area contributed by atoms with Gasteiger partial charge in [-0.25, -0.2) is 8.42 Å². The van der Waals surface area contributed by atoms with E-state index in [1.54, 1.807) is 12.1 Å². The molecule has 0 fully saturated rings. The monoisotopic (exact) mass is 411 g/mol. The van der Waals surface area contributed by atoms with E-state index in [0.29, 0.717) is 9.47 Å². The average molecular weight is 413 g/mol. The van der Waals surface area contributed by atoms with E-state index in [1.165, 1.54) is 6.20 Å². The molecule has 0 unspecified atom stereocenters. The van der Waals surface area contributed by atoms with Gasteiger partial charge in [0, 0.05) is 20.5 Å². The van der Waals surface area contributed by atoms with Gasteiger partial charge in [0.25, 0.3) is 10.0 Å². The molecule has 0 amide bonds. The van der Waals surface area contributed by atoms with Crippen LogP contribution < -0.4 is 4.72 Å². The fraction of sp³-hybridized carbons (Fsp3) is 0.111. The van der Waals surface area contributed by atoms with Crippen molar-refractivity contribution in [2.24, 2.45) is 0 Å². The number of nitrogens with zero attached hydrogens (tertiary/aromatic N) is 2. The average Bonchev–Trinajstić information content (AvgIpc) is 2.75. The van der Waals surface area contributed by atoms with Crippen molar-refractivity contribution >= 4 is 58.4 Å². The summed E-state index contributed by atoms with van der Waals surface area (Å²) in [5, 5.41) is 3.95. The van der Waals surface area contributed by atoms with E-state index in [4.69, 9.17) is 0 Å². The summed E-state index contributed by atoms with van der Waals surface area (Å²) in [6.07, 6.45) is 1.36. The van der Waals surface area contributed by atoms with E-state index >= 15 is 0 Å². The van der Waals surface area contributed by atoms with Gasteiger partial charge in [-0.15, -0.1) is 5.10 Å². The highest BCUT2D eigenvalue weighted by atomic mass is 79.9. The summed E-state index contributed by atoms with van der Waals surface area (Å²) in [5.74, 6) is 0. The second-order valence-electron chi connectivity index (χ2n) is 3.42. The molecule has 0 atom stereocenters. The molecule has 18 heavy (non-hydrogen) atoms. The first kappa shape index (κ1) is 13.9. The number of hydrogen-bond acceptors (Lipinski definition) is 5. The van der Waals surface area contributed by atoms with Crippen LogP contribution in [0.25, 0.3) is 0 Å². The number of aryl methyl sites for hydroxylation is 1. The fourth-order valence-electron chi connectivity index (χ4n) is 1.23.